The fourth-order valence-corrected chi connectivity index (χ4v) is 6.16. The van der Waals surface area contributed by atoms with E-state index in [1.54, 1.807) is 30.2 Å². The molecule has 3 aromatic carbocycles. The van der Waals surface area contributed by atoms with Crippen LogP contribution in [0.25, 0.3) is 0 Å². The number of urea groups is 1. The number of nitrogens with one attached hydrogen (secondary N) is 2. The lowest BCUT2D eigenvalue weighted by atomic mass is 9.91. The van der Waals surface area contributed by atoms with Gasteiger partial charge in [-0.15, -0.1) is 10.2 Å². The number of nitrogens with zero attached hydrogens (tertiary/aromatic N) is 3. The van der Waals surface area contributed by atoms with Gasteiger partial charge in [0.05, 0.1) is 25.9 Å². The zero-order chi connectivity index (χ0) is 31.8. The van der Waals surface area contributed by atoms with Gasteiger partial charge in [-0.3, -0.25) is 0 Å². The molecule has 0 bridgehead atoms. The van der Waals surface area contributed by atoms with Crippen molar-refractivity contribution in [1.29, 1.82) is 0 Å². The second-order valence-electron chi connectivity index (χ2n) is 10.8. The Kier molecular flexibility index (Phi) is 10.8. The number of rotatable bonds is 11. The number of hydrogen-bond acceptors (Lipinski definition) is 9. The molecule has 45 heavy (non-hydrogen) atoms. The third kappa shape index (κ3) is 8.28. The van der Waals surface area contributed by atoms with Crippen LogP contribution in [0.5, 0.6) is 0 Å². The van der Waals surface area contributed by atoms with Gasteiger partial charge in [-0.1, -0.05) is 85.4 Å². The van der Waals surface area contributed by atoms with Crippen LogP contribution in [0, 0.1) is 5.92 Å². The average Bonchev–Trinajstić information content (AvgIpc) is 3.48. The highest BCUT2D eigenvalue weighted by Crippen LogP contribution is 2.43. The highest BCUT2D eigenvalue weighted by Gasteiger charge is 2.38. The first-order valence-corrected chi connectivity index (χ1v) is 15.6. The zero-order valence-electron chi connectivity index (χ0n) is 25.3. The molecule has 12 heteroatoms. The van der Waals surface area contributed by atoms with Gasteiger partial charge in [0, 0.05) is 36.4 Å². The Morgan fingerprint density at radius 1 is 1.00 bits per heavy atom. The van der Waals surface area contributed by atoms with Crippen LogP contribution >= 0.6 is 11.8 Å². The van der Waals surface area contributed by atoms with E-state index in [9.17, 15) is 14.7 Å². The first-order valence-electron chi connectivity index (χ1n) is 14.6. The van der Waals surface area contributed by atoms with Gasteiger partial charge in [0.1, 0.15) is 12.4 Å². The van der Waals surface area contributed by atoms with Crippen LogP contribution in [0.2, 0.25) is 0 Å². The normalized spacial score (nSPS) is 20.3. The smallest absolute Gasteiger partial charge is 0.328 e. The van der Waals surface area contributed by atoms with Gasteiger partial charge in [0.25, 0.3) is 0 Å². The highest BCUT2D eigenvalue weighted by molar-refractivity contribution is 7.99. The van der Waals surface area contributed by atoms with E-state index in [2.05, 4.69) is 27.8 Å². The van der Waals surface area contributed by atoms with Crippen molar-refractivity contribution < 1.29 is 28.9 Å². The molecule has 1 aromatic heterocycles. The first kappa shape index (κ1) is 32.2. The van der Waals surface area contributed by atoms with E-state index in [0.717, 1.165) is 27.4 Å². The molecule has 0 unspecified atom stereocenters. The second kappa shape index (κ2) is 15.2. The van der Waals surface area contributed by atoms with Crippen molar-refractivity contribution in [2.24, 2.45) is 13.0 Å². The Balaban J connectivity index is 1.28. The van der Waals surface area contributed by atoms with Crippen LogP contribution in [-0.4, -0.2) is 56.9 Å². The number of aromatic nitrogens is 3. The Morgan fingerprint density at radius 2 is 1.71 bits per heavy atom. The molecule has 1 saturated heterocycles. The van der Waals surface area contributed by atoms with Crippen LogP contribution < -0.4 is 10.6 Å². The predicted octanol–water partition coefficient (Wildman–Crippen LogP) is 4.80. The number of esters is 1. The van der Waals surface area contributed by atoms with E-state index in [1.807, 2.05) is 78.3 Å². The number of anilines is 1. The summed E-state index contributed by atoms with van der Waals surface area (Å²) in [5.41, 5.74) is 4.04. The topological polar surface area (TPSA) is 137 Å². The predicted molar refractivity (Wildman–Crippen MR) is 169 cm³/mol. The Bertz CT molecular complexity index is 1550. The molecular formula is C33H37N5O6S. The van der Waals surface area contributed by atoms with Crippen LogP contribution in [0.1, 0.15) is 41.6 Å². The summed E-state index contributed by atoms with van der Waals surface area (Å²) in [6, 6.07) is 23.0. The highest BCUT2D eigenvalue weighted by atomic mass is 32.2. The molecular weight excluding hydrogens is 594 g/mol. The molecule has 5 rings (SSSR count). The molecule has 3 N–H and O–H groups in total. The maximum absolute atomic E-state index is 12.8. The minimum atomic E-state index is -0.845. The monoisotopic (exact) mass is 631 g/mol. The van der Waals surface area contributed by atoms with E-state index in [-0.39, 0.29) is 24.7 Å². The van der Waals surface area contributed by atoms with Crippen LogP contribution in [0.15, 0.2) is 90.3 Å². The molecule has 5 atom stereocenters. The summed E-state index contributed by atoms with van der Waals surface area (Å²) in [6.07, 6.45) is 0.877. The average molecular weight is 632 g/mol. The molecule has 0 saturated carbocycles. The number of ether oxygens (including phenoxy) is 3. The number of carbonyl (C=O) groups is 2. The second-order valence-corrected chi connectivity index (χ2v) is 11.8. The lowest BCUT2D eigenvalue weighted by Crippen LogP contribution is -2.45. The maximum Gasteiger partial charge on any atom is 0.328 e. The van der Waals surface area contributed by atoms with Gasteiger partial charge < -0.3 is 34.5 Å². The summed E-state index contributed by atoms with van der Waals surface area (Å²) in [6.45, 7) is 2.08. The Hall–Kier alpha value is -4.23. The lowest BCUT2D eigenvalue weighted by Gasteiger charge is -2.41. The van der Waals surface area contributed by atoms with Crippen molar-refractivity contribution in [3.05, 3.63) is 107 Å². The molecule has 236 valence electrons. The number of aliphatic hydroxyl groups is 1. The molecule has 0 spiro atoms. The van der Waals surface area contributed by atoms with E-state index in [4.69, 9.17) is 14.2 Å². The summed E-state index contributed by atoms with van der Waals surface area (Å²) < 4.78 is 19.8. The summed E-state index contributed by atoms with van der Waals surface area (Å²) >= 11 is 1.57. The van der Waals surface area contributed by atoms with Gasteiger partial charge in [0.15, 0.2) is 11.4 Å². The minimum Gasteiger partial charge on any atom is -0.467 e. The Morgan fingerprint density at radius 3 is 2.36 bits per heavy atom. The Labute approximate surface area is 266 Å². The minimum absolute atomic E-state index is 0.0187. The SMILES string of the molecule is COC(=O)[C@H](Cc1ccccc1)NC(=O)Nc1ccc([C@H]2O[C@@H](CSc3nncn3C)[C@@H](C)[C@@H](c3ccc(CO)cc3)O2)cc1. The largest absolute Gasteiger partial charge is 0.467 e. The number of carbonyl (C=O) groups excluding carboxylic acids is 2. The molecule has 2 heterocycles. The van der Waals surface area contributed by atoms with Crippen LogP contribution in [0.3, 0.4) is 0 Å². The van der Waals surface area contributed by atoms with Gasteiger partial charge in [-0.05, 0) is 28.8 Å². The van der Waals surface area contributed by atoms with E-state index in [0.29, 0.717) is 17.9 Å². The molecule has 2 amide bonds. The van der Waals surface area contributed by atoms with Crippen LogP contribution in [0.4, 0.5) is 10.5 Å². The third-order valence-electron chi connectivity index (χ3n) is 7.68. The van der Waals surface area contributed by atoms with Crippen molar-refractivity contribution >= 4 is 29.4 Å². The van der Waals surface area contributed by atoms with Crippen molar-refractivity contribution in [3.8, 4) is 0 Å². The molecule has 1 aliphatic rings. The standard InChI is InChI=1S/C33H37N5O6S/c1-21-28(19-45-33-37-34-20-38(33)2)43-31(44-29(21)24-11-9-23(18-39)10-12-24)25-13-15-26(16-14-25)35-32(41)36-27(30(40)42-3)17-22-7-5-4-6-8-22/h4-16,20-21,27-29,31,39H,17-19H2,1-3H3,(H2,35,36,41)/t21-,27+,28+,29+,31+/m1/s1. The van der Waals surface area contributed by atoms with Gasteiger partial charge in [0.2, 0.25) is 0 Å². The first-order chi connectivity index (χ1) is 21.8. The third-order valence-corrected chi connectivity index (χ3v) is 8.81. The number of aliphatic hydroxyl groups excluding tert-OH is 1. The fourth-order valence-electron chi connectivity index (χ4n) is 5.10. The number of benzene rings is 3. The van der Waals surface area contributed by atoms with Gasteiger partial charge in [-0.25, -0.2) is 9.59 Å². The van der Waals surface area contributed by atoms with Crippen LogP contribution in [-0.2, 0) is 39.1 Å². The molecule has 1 aliphatic heterocycles. The van der Waals surface area contributed by atoms with Crippen molar-refractivity contribution in [3.63, 3.8) is 0 Å². The number of thioether (sulfide) groups is 1. The summed E-state index contributed by atoms with van der Waals surface area (Å²) in [4.78, 5) is 25.2. The number of aryl methyl sites for hydroxylation is 1. The molecule has 4 aromatic rings. The molecule has 0 aliphatic carbocycles. The summed E-state index contributed by atoms with van der Waals surface area (Å²) in [7, 11) is 3.20. The number of methoxy groups -OCH3 is 1. The zero-order valence-corrected chi connectivity index (χ0v) is 26.1. The fraction of sp³-hybridized carbons (Fsp3) is 0.333. The lowest BCUT2D eigenvalue weighted by molar-refractivity contribution is -0.268. The molecule has 0 radical (unpaired) electrons. The number of amides is 2. The van der Waals surface area contributed by atoms with E-state index in [1.165, 1.54) is 7.11 Å². The van der Waals surface area contributed by atoms with Crippen molar-refractivity contribution in [1.82, 2.24) is 20.1 Å². The van der Waals surface area contributed by atoms with Gasteiger partial charge >= 0.3 is 12.0 Å². The number of hydrogen-bond donors (Lipinski definition) is 3. The summed E-state index contributed by atoms with van der Waals surface area (Å²) in [5, 5.41) is 24.0. The molecule has 1 fully saturated rings. The van der Waals surface area contributed by atoms with Gasteiger partial charge in [-0.2, -0.15) is 0 Å². The van der Waals surface area contributed by atoms with E-state index < -0.39 is 24.3 Å². The van der Waals surface area contributed by atoms with Crippen molar-refractivity contribution in [2.45, 2.75) is 49.6 Å². The maximum atomic E-state index is 12.8. The summed E-state index contributed by atoms with van der Waals surface area (Å²) in [5.74, 6) is 0.131. The van der Waals surface area contributed by atoms with Crippen molar-refractivity contribution in [2.75, 3.05) is 18.2 Å². The molecule has 11 nitrogen and oxygen atoms in total. The van der Waals surface area contributed by atoms with E-state index >= 15 is 0 Å². The quantitative estimate of drug-likeness (QED) is 0.158.